The van der Waals surface area contributed by atoms with Crippen molar-refractivity contribution in [2.45, 2.75) is 26.8 Å². The van der Waals surface area contributed by atoms with Crippen molar-refractivity contribution in [1.82, 2.24) is 4.98 Å². The van der Waals surface area contributed by atoms with Crippen LogP contribution in [0.4, 0.5) is 16.5 Å². The fourth-order valence-electron chi connectivity index (χ4n) is 3.43. The van der Waals surface area contributed by atoms with Gasteiger partial charge in [0, 0.05) is 24.5 Å². The van der Waals surface area contributed by atoms with Gasteiger partial charge in [-0.1, -0.05) is 30.3 Å². The Kier molecular flexibility index (Phi) is 4.47. The van der Waals surface area contributed by atoms with Crippen LogP contribution in [0, 0.1) is 6.92 Å². The highest BCUT2D eigenvalue weighted by molar-refractivity contribution is 7.14. The Hall–Kier alpha value is -2.66. The van der Waals surface area contributed by atoms with Crippen LogP contribution in [0.2, 0.25) is 0 Å². The smallest absolute Gasteiger partial charge is 0.230 e. The zero-order valence-corrected chi connectivity index (χ0v) is 15.8. The zero-order valence-electron chi connectivity index (χ0n) is 15.0. The number of carbonyl (C=O) groups excluding carboxylic acids is 1. The SMILES string of the molecule is CC(=O)N(c1cccc(C)c1)c1nc(CN2CCc3ccccc32)cs1. The predicted octanol–water partition coefficient (Wildman–Crippen LogP) is 4.70. The van der Waals surface area contributed by atoms with Crippen LogP contribution in [0.5, 0.6) is 0 Å². The molecule has 5 heteroatoms. The second-order valence-electron chi connectivity index (χ2n) is 6.62. The van der Waals surface area contributed by atoms with E-state index in [1.807, 2.05) is 31.2 Å². The Balaban J connectivity index is 1.58. The molecule has 1 aliphatic heterocycles. The van der Waals surface area contributed by atoms with Gasteiger partial charge >= 0.3 is 0 Å². The molecule has 1 amide bonds. The van der Waals surface area contributed by atoms with Crippen LogP contribution < -0.4 is 9.80 Å². The second-order valence-corrected chi connectivity index (χ2v) is 7.45. The van der Waals surface area contributed by atoms with Crippen LogP contribution in [0.3, 0.4) is 0 Å². The molecule has 0 radical (unpaired) electrons. The number of para-hydroxylation sites is 1. The molecule has 26 heavy (non-hydrogen) atoms. The number of anilines is 3. The van der Waals surface area contributed by atoms with Gasteiger partial charge < -0.3 is 4.90 Å². The fourth-order valence-corrected chi connectivity index (χ4v) is 4.31. The normalized spacial score (nSPS) is 12.9. The van der Waals surface area contributed by atoms with Crippen LogP contribution in [-0.2, 0) is 17.8 Å². The summed E-state index contributed by atoms with van der Waals surface area (Å²) in [4.78, 5) is 21.1. The van der Waals surface area contributed by atoms with Gasteiger partial charge in [0.15, 0.2) is 5.13 Å². The summed E-state index contributed by atoms with van der Waals surface area (Å²) >= 11 is 1.52. The molecule has 0 bridgehead atoms. The van der Waals surface area contributed by atoms with E-state index in [1.54, 1.807) is 11.8 Å². The lowest BCUT2D eigenvalue weighted by molar-refractivity contribution is -0.115. The van der Waals surface area contributed by atoms with Crippen LogP contribution in [-0.4, -0.2) is 17.4 Å². The minimum absolute atomic E-state index is 0.0250. The summed E-state index contributed by atoms with van der Waals surface area (Å²) in [7, 11) is 0. The average molecular weight is 363 g/mol. The van der Waals surface area contributed by atoms with Crippen molar-refractivity contribution in [1.29, 1.82) is 0 Å². The predicted molar refractivity (Wildman–Crippen MR) is 107 cm³/mol. The molecule has 0 N–H and O–H groups in total. The van der Waals surface area contributed by atoms with Crippen molar-refractivity contribution in [2.75, 3.05) is 16.3 Å². The summed E-state index contributed by atoms with van der Waals surface area (Å²) in [5, 5.41) is 2.78. The average Bonchev–Trinajstić information content (AvgIpc) is 3.23. The molecule has 0 saturated heterocycles. The molecule has 0 saturated carbocycles. The number of fused-ring (bicyclic) bond motifs is 1. The fraction of sp³-hybridized carbons (Fsp3) is 0.238. The van der Waals surface area contributed by atoms with E-state index in [1.165, 1.54) is 22.6 Å². The number of hydrogen-bond acceptors (Lipinski definition) is 4. The number of nitrogens with zero attached hydrogens (tertiary/aromatic N) is 3. The Morgan fingerprint density at radius 3 is 2.88 bits per heavy atom. The van der Waals surface area contributed by atoms with E-state index in [4.69, 9.17) is 4.98 Å². The highest BCUT2D eigenvalue weighted by Crippen LogP contribution is 2.32. The lowest BCUT2D eigenvalue weighted by Crippen LogP contribution is -2.23. The van der Waals surface area contributed by atoms with E-state index in [0.29, 0.717) is 0 Å². The van der Waals surface area contributed by atoms with Gasteiger partial charge in [-0.2, -0.15) is 0 Å². The summed E-state index contributed by atoms with van der Waals surface area (Å²) in [6.45, 7) is 5.40. The minimum Gasteiger partial charge on any atom is -0.365 e. The van der Waals surface area contributed by atoms with Gasteiger partial charge in [-0.3, -0.25) is 9.69 Å². The molecule has 4 rings (SSSR count). The zero-order chi connectivity index (χ0) is 18.1. The first kappa shape index (κ1) is 16.8. The maximum Gasteiger partial charge on any atom is 0.230 e. The lowest BCUT2D eigenvalue weighted by atomic mass is 10.2. The van der Waals surface area contributed by atoms with E-state index in [9.17, 15) is 4.79 Å². The Morgan fingerprint density at radius 1 is 1.23 bits per heavy atom. The Morgan fingerprint density at radius 2 is 2.08 bits per heavy atom. The van der Waals surface area contributed by atoms with Crippen LogP contribution in [0.15, 0.2) is 53.9 Å². The third-order valence-electron chi connectivity index (χ3n) is 4.64. The van der Waals surface area contributed by atoms with E-state index >= 15 is 0 Å². The molecule has 0 spiro atoms. The van der Waals surface area contributed by atoms with Gasteiger partial charge in [0.2, 0.25) is 5.91 Å². The number of carbonyl (C=O) groups is 1. The quantitative estimate of drug-likeness (QED) is 0.674. The standard InChI is InChI=1S/C21H21N3OS/c1-15-6-5-8-19(12-15)24(16(2)25)21-22-18(14-26-21)13-23-11-10-17-7-3-4-9-20(17)23/h3-9,12,14H,10-11,13H2,1-2H3. The number of amides is 1. The van der Waals surface area contributed by atoms with Crippen LogP contribution in [0.1, 0.15) is 23.7 Å². The van der Waals surface area contributed by atoms with E-state index in [0.717, 1.165) is 41.6 Å². The number of aryl methyl sites for hydroxylation is 1. The highest BCUT2D eigenvalue weighted by Gasteiger charge is 2.21. The van der Waals surface area contributed by atoms with Crippen LogP contribution >= 0.6 is 11.3 Å². The molecule has 132 valence electrons. The van der Waals surface area contributed by atoms with Gasteiger partial charge in [-0.15, -0.1) is 11.3 Å². The molecule has 1 aliphatic rings. The van der Waals surface area contributed by atoms with E-state index in [2.05, 4.69) is 34.5 Å². The number of rotatable bonds is 4. The van der Waals surface area contributed by atoms with Crippen molar-refractivity contribution in [2.24, 2.45) is 0 Å². The third kappa shape index (κ3) is 3.22. The van der Waals surface area contributed by atoms with Crippen molar-refractivity contribution in [3.8, 4) is 0 Å². The Bertz CT molecular complexity index is 950. The van der Waals surface area contributed by atoms with Crippen LogP contribution in [0.25, 0.3) is 0 Å². The van der Waals surface area contributed by atoms with Crippen molar-refractivity contribution < 1.29 is 4.79 Å². The Labute approximate surface area is 157 Å². The van der Waals surface area contributed by atoms with Gasteiger partial charge in [0.1, 0.15) is 0 Å². The van der Waals surface area contributed by atoms with Gasteiger partial charge in [-0.25, -0.2) is 4.98 Å². The molecule has 4 nitrogen and oxygen atoms in total. The molecular formula is C21H21N3OS. The number of hydrogen-bond donors (Lipinski definition) is 0. The number of benzene rings is 2. The first-order chi connectivity index (χ1) is 12.6. The number of thiazole rings is 1. The third-order valence-corrected chi connectivity index (χ3v) is 5.52. The highest BCUT2D eigenvalue weighted by atomic mass is 32.1. The summed E-state index contributed by atoms with van der Waals surface area (Å²) < 4.78 is 0. The minimum atomic E-state index is -0.0250. The van der Waals surface area contributed by atoms with Gasteiger partial charge in [-0.05, 0) is 42.7 Å². The summed E-state index contributed by atoms with van der Waals surface area (Å²) in [5.74, 6) is -0.0250. The van der Waals surface area contributed by atoms with Gasteiger partial charge in [0.05, 0.1) is 17.9 Å². The molecule has 2 heterocycles. The summed E-state index contributed by atoms with van der Waals surface area (Å²) in [6.07, 6.45) is 1.08. The van der Waals surface area contributed by atoms with Crippen molar-refractivity contribution >= 4 is 33.8 Å². The number of aromatic nitrogens is 1. The van der Waals surface area contributed by atoms with Gasteiger partial charge in [0.25, 0.3) is 0 Å². The van der Waals surface area contributed by atoms with E-state index < -0.39 is 0 Å². The van der Waals surface area contributed by atoms with Crippen molar-refractivity contribution in [3.05, 3.63) is 70.7 Å². The van der Waals surface area contributed by atoms with E-state index in [-0.39, 0.29) is 5.91 Å². The van der Waals surface area contributed by atoms with Crippen molar-refractivity contribution in [3.63, 3.8) is 0 Å². The summed E-state index contributed by atoms with van der Waals surface area (Å²) in [6, 6.07) is 16.5. The topological polar surface area (TPSA) is 36.4 Å². The largest absolute Gasteiger partial charge is 0.365 e. The second kappa shape index (κ2) is 6.92. The molecule has 3 aromatic rings. The molecule has 0 aliphatic carbocycles. The maximum absolute atomic E-state index is 12.3. The molecule has 0 unspecified atom stereocenters. The summed E-state index contributed by atoms with van der Waals surface area (Å²) in [5.41, 5.74) is 5.68. The molecule has 0 fully saturated rings. The molecular weight excluding hydrogens is 342 g/mol. The first-order valence-corrected chi connectivity index (χ1v) is 9.64. The molecule has 0 atom stereocenters. The monoisotopic (exact) mass is 363 g/mol. The molecule has 2 aromatic carbocycles. The lowest BCUT2D eigenvalue weighted by Gasteiger charge is -2.19. The molecule has 1 aromatic heterocycles. The first-order valence-electron chi connectivity index (χ1n) is 8.76. The maximum atomic E-state index is 12.3.